The first kappa shape index (κ1) is 29.8. The Bertz CT molecular complexity index is 1810. The molecule has 1 amide bonds. The number of halogens is 1. The van der Waals surface area contributed by atoms with Crippen LogP contribution in [0, 0.1) is 20.8 Å². The van der Waals surface area contributed by atoms with Crippen LogP contribution in [0.15, 0.2) is 34.9 Å². The summed E-state index contributed by atoms with van der Waals surface area (Å²) in [6, 6.07) is 7.92. The molecule has 2 fully saturated rings. The molecule has 0 saturated carbocycles. The number of anilines is 1. The van der Waals surface area contributed by atoms with Crippen molar-refractivity contribution in [2.45, 2.75) is 40.2 Å². The summed E-state index contributed by atoms with van der Waals surface area (Å²) in [6.45, 7) is 11.0. The number of aromatic nitrogens is 4. The highest BCUT2D eigenvalue weighted by Crippen LogP contribution is 2.35. The van der Waals surface area contributed by atoms with Crippen LogP contribution in [-0.4, -0.2) is 94.2 Å². The predicted molar refractivity (Wildman–Crippen MR) is 170 cm³/mol. The molecular weight excluding hydrogens is 634 g/mol. The Morgan fingerprint density at radius 1 is 1.16 bits per heavy atom. The molecule has 13 heteroatoms. The third kappa shape index (κ3) is 5.59. The van der Waals surface area contributed by atoms with Gasteiger partial charge in [-0.3, -0.25) is 4.79 Å². The summed E-state index contributed by atoms with van der Waals surface area (Å²) in [4.78, 5) is 28.0. The van der Waals surface area contributed by atoms with Crippen LogP contribution in [0.3, 0.4) is 0 Å². The standard InChI is InChI=1S/C30H36BrN7O4S/c1-5-43(40,41)37-9-8-22(17-37)33-26-24(31)16-32-29-27(26)34-28(35-29)23-14-19(3)38(20(23)4)25-15-21(7-6-18(25)2)30(39)36-10-12-42-13-11-36/h6-7,14-16,22H,5,8-13,17H2,1-4H3,(H2,32,33,34,35)/t22-/m0/s1. The number of nitrogens with one attached hydrogen (secondary N) is 2. The van der Waals surface area contributed by atoms with E-state index in [0.29, 0.717) is 62.8 Å². The number of aromatic amines is 1. The van der Waals surface area contributed by atoms with Crippen LogP contribution >= 0.6 is 15.9 Å². The second kappa shape index (κ2) is 11.7. The van der Waals surface area contributed by atoms with Crippen LogP contribution in [0.5, 0.6) is 0 Å². The maximum Gasteiger partial charge on any atom is 0.254 e. The van der Waals surface area contributed by atoms with Crippen LogP contribution in [0.25, 0.3) is 28.2 Å². The molecule has 0 spiro atoms. The highest BCUT2D eigenvalue weighted by Gasteiger charge is 2.31. The number of ether oxygens (including phenoxy) is 1. The number of nitrogens with zero attached hydrogens (tertiary/aromatic N) is 5. The average Bonchev–Trinajstić information content (AvgIpc) is 3.73. The molecular formula is C30H36BrN7O4S. The van der Waals surface area contributed by atoms with Gasteiger partial charge in [0.2, 0.25) is 10.0 Å². The van der Waals surface area contributed by atoms with Crippen molar-refractivity contribution in [2.75, 3.05) is 50.5 Å². The maximum atomic E-state index is 13.3. The molecule has 0 aliphatic carbocycles. The number of pyridine rings is 1. The van der Waals surface area contributed by atoms with Gasteiger partial charge in [0, 0.05) is 66.6 Å². The largest absolute Gasteiger partial charge is 0.378 e. The first-order valence-electron chi connectivity index (χ1n) is 14.5. The SMILES string of the molecule is CCS(=O)(=O)N1CC[C@H](Nc2c(Br)cnc3nc(-c4cc(C)n(-c5cc(C(=O)N6CCOCC6)ccc5C)c4C)[nH]c23)C1. The van der Waals surface area contributed by atoms with Crippen LogP contribution in [-0.2, 0) is 14.8 Å². The summed E-state index contributed by atoms with van der Waals surface area (Å²) < 4.78 is 34.7. The summed E-state index contributed by atoms with van der Waals surface area (Å²) in [6.07, 6.45) is 2.43. The van der Waals surface area contributed by atoms with E-state index in [1.54, 1.807) is 17.4 Å². The summed E-state index contributed by atoms with van der Waals surface area (Å²) in [5.74, 6) is 0.792. The van der Waals surface area contributed by atoms with Gasteiger partial charge in [0.1, 0.15) is 11.3 Å². The Morgan fingerprint density at radius 2 is 1.93 bits per heavy atom. The topological polar surface area (TPSA) is 125 Å². The van der Waals surface area contributed by atoms with E-state index in [2.05, 4.69) is 48.8 Å². The molecule has 2 N–H and O–H groups in total. The number of imidazole rings is 1. The van der Waals surface area contributed by atoms with Gasteiger partial charge in [-0.15, -0.1) is 0 Å². The number of aryl methyl sites for hydroxylation is 2. The van der Waals surface area contributed by atoms with E-state index >= 15 is 0 Å². The molecule has 11 nitrogen and oxygen atoms in total. The molecule has 228 valence electrons. The van der Waals surface area contributed by atoms with Gasteiger partial charge >= 0.3 is 0 Å². The lowest BCUT2D eigenvalue weighted by Gasteiger charge is -2.27. The second-order valence-corrected chi connectivity index (χ2v) is 14.3. The normalized spacial score (nSPS) is 18.1. The minimum atomic E-state index is -3.23. The Kier molecular flexibility index (Phi) is 8.09. The molecule has 2 aliphatic heterocycles. The van der Waals surface area contributed by atoms with Crippen LogP contribution in [0.4, 0.5) is 5.69 Å². The van der Waals surface area contributed by atoms with E-state index in [1.165, 1.54) is 0 Å². The quantitative estimate of drug-likeness (QED) is 0.299. The Morgan fingerprint density at radius 3 is 2.67 bits per heavy atom. The first-order valence-corrected chi connectivity index (χ1v) is 16.9. The molecule has 2 aliphatic rings. The summed E-state index contributed by atoms with van der Waals surface area (Å²) in [5.41, 5.74) is 7.73. The minimum Gasteiger partial charge on any atom is -0.378 e. The second-order valence-electron chi connectivity index (χ2n) is 11.2. The molecule has 1 aromatic carbocycles. The summed E-state index contributed by atoms with van der Waals surface area (Å²) in [5, 5.41) is 3.54. The lowest BCUT2D eigenvalue weighted by Crippen LogP contribution is -2.40. The molecule has 0 unspecified atom stereocenters. The molecule has 1 atom stereocenters. The molecule has 6 rings (SSSR count). The van der Waals surface area contributed by atoms with E-state index in [1.807, 2.05) is 36.9 Å². The van der Waals surface area contributed by atoms with Gasteiger partial charge < -0.3 is 24.5 Å². The fourth-order valence-electron chi connectivity index (χ4n) is 5.99. The fourth-order valence-corrected chi connectivity index (χ4v) is 7.56. The highest BCUT2D eigenvalue weighted by molar-refractivity contribution is 9.10. The van der Waals surface area contributed by atoms with Crippen molar-refractivity contribution in [3.8, 4) is 17.1 Å². The van der Waals surface area contributed by atoms with E-state index < -0.39 is 10.0 Å². The van der Waals surface area contributed by atoms with Crippen LogP contribution < -0.4 is 5.32 Å². The fraction of sp³-hybridized carbons (Fsp3) is 0.433. The average molecular weight is 671 g/mol. The zero-order chi connectivity index (χ0) is 30.5. The number of fused-ring (bicyclic) bond motifs is 1. The minimum absolute atomic E-state index is 0.0128. The third-order valence-corrected chi connectivity index (χ3v) is 10.9. The van der Waals surface area contributed by atoms with Crippen molar-refractivity contribution >= 4 is 48.7 Å². The molecule has 0 radical (unpaired) electrons. The van der Waals surface area contributed by atoms with Gasteiger partial charge in [-0.1, -0.05) is 6.07 Å². The van der Waals surface area contributed by atoms with E-state index in [0.717, 1.165) is 43.9 Å². The number of carbonyl (C=O) groups excluding carboxylic acids is 1. The number of hydrogen-bond donors (Lipinski definition) is 2. The van der Waals surface area contributed by atoms with E-state index in [-0.39, 0.29) is 17.7 Å². The molecule has 5 heterocycles. The molecule has 43 heavy (non-hydrogen) atoms. The first-order chi connectivity index (χ1) is 20.6. The van der Waals surface area contributed by atoms with Gasteiger partial charge in [0.15, 0.2) is 5.65 Å². The summed E-state index contributed by atoms with van der Waals surface area (Å²) >= 11 is 3.63. The highest BCUT2D eigenvalue weighted by atomic mass is 79.9. The van der Waals surface area contributed by atoms with Crippen molar-refractivity contribution in [3.63, 3.8) is 0 Å². The van der Waals surface area contributed by atoms with E-state index in [9.17, 15) is 13.2 Å². The van der Waals surface area contributed by atoms with Gasteiger partial charge in [-0.05, 0) is 73.8 Å². The number of amides is 1. The van der Waals surface area contributed by atoms with Crippen LogP contribution in [0.1, 0.15) is 40.7 Å². The lowest BCUT2D eigenvalue weighted by atomic mass is 10.1. The van der Waals surface area contributed by atoms with Gasteiger partial charge in [-0.2, -0.15) is 4.31 Å². The van der Waals surface area contributed by atoms with Gasteiger partial charge in [-0.25, -0.2) is 18.4 Å². The predicted octanol–water partition coefficient (Wildman–Crippen LogP) is 4.41. The molecule has 2 saturated heterocycles. The molecule has 0 bridgehead atoms. The maximum absolute atomic E-state index is 13.3. The number of carbonyl (C=O) groups is 1. The third-order valence-electron chi connectivity index (χ3n) is 8.41. The number of rotatable bonds is 7. The van der Waals surface area contributed by atoms with Crippen LogP contribution in [0.2, 0.25) is 0 Å². The molecule has 4 aromatic rings. The monoisotopic (exact) mass is 669 g/mol. The Labute approximate surface area is 259 Å². The number of H-pyrrole nitrogens is 1. The van der Waals surface area contributed by atoms with E-state index in [4.69, 9.17) is 9.72 Å². The van der Waals surface area contributed by atoms with Gasteiger partial charge in [0.25, 0.3) is 5.91 Å². The summed E-state index contributed by atoms with van der Waals surface area (Å²) in [7, 11) is -3.23. The number of hydrogen-bond acceptors (Lipinski definition) is 7. The zero-order valence-electron chi connectivity index (χ0n) is 24.8. The number of benzene rings is 1. The molecule has 3 aromatic heterocycles. The van der Waals surface area contributed by atoms with Crippen molar-refractivity contribution in [3.05, 3.63) is 57.4 Å². The van der Waals surface area contributed by atoms with Gasteiger partial charge in [0.05, 0.1) is 29.1 Å². The smallest absolute Gasteiger partial charge is 0.254 e. The van der Waals surface area contributed by atoms with Crippen molar-refractivity contribution in [1.29, 1.82) is 0 Å². The number of sulfonamides is 1. The Hall–Kier alpha value is -3.26. The zero-order valence-corrected chi connectivity index (χ0v) is 27.2. The Balaban J connectivity index is 1.32. The number of morpholine rings is 1. The van der Waals surface area contributed by atoms with Crippen molar-refractivity contribution in [1.82, 2.24) is 28.7 Å². The lowest BCUT2D eigenvalue weighted by molar-refractivity contribution is 0.0303. The van der Waals surface area contributed by atoms with Crippen molar-refractivity contribution in [2.24, 2.45) is 0 Å². The van der Waals surface area contributed by atoms with Crippen molar-refractivity contribution < 1.29 is 17.9 Å².